The van der Waals surface area contributed by atoms with Gasteiger partial charge in [0.25, 0.3) is 0 Å². The molecule has 8 heterocycles. The standard InChI is InChI=1S/C66H84O38/c1-22(71)89-14-23-3-7-28-32(19-94-60(40(23)28)102-64-52(81)48(77)44(73)36(11-68)98-64)56(86)91-16-25-5-9-30-34(21-96-62(42(25)30)104-66-54(83)50(79)46(75)38(13-70)100-66)58(88)92-17-26-4-8-29-33(20-95-61(41(26)29)103-65-53(82)49(78)45(74)37(12-69)99-65)57(87)90-15-24-2-6-27-31(55(84)85)18-93-59(39(24)27)101-63-51(80)47(76)43(72)35(10-67)97-63/h2-5,18-21,27-30,35-54,59-70,72-83H,6-17H2,1H3,(H,84,85). The highest BCUT2D eigenvalue weighted by Gasteiger charge is 2.57. The van der Waals surface area contributed by atoms with Gasteiger partial charge >= 0.3 is 29.8 Å². The third-order valence-corrected chi connectivity index (χ3v) is 21.0. The second-order valence-corrected chi connectivity index (χ2v) is 27.0. The summed E-state index contributed by atoms with van der Waals surface area (Å²) in [6.07, 6.45) is -30.0. The fraction of sp³-hybridized carbons (Fsp3) is 0.682. The zero-order valence-corrected chi connectivity index (χ0v) is 55.3. The fourth-order valence-electron chi connectivity index (χ4n) is 15.3. The molecular weight excluding hydrogens is 1400 g/mol. The molecule has 12 rings (SSSR count). The Balaban J connectivity index is 0.756. The van der Waals surface area contributed by atoms with Crippen LogP contribution < -0.4 is 0 Å². The molecule has 4 fully saturated rings. The van der Waals surface area contributed by atoms with Crippen LogP contribution in [0.5, 0.6) is 0 Å². The summed E-state index contributed by atoms with van der Waals surface area (Å²) in [5.41, 5.74) is 0.690. The zero-order chi connectivity index (χ0) is 74.4. The second kappa shape index (κ2) is 32.5. The van der Waals surface area contributed by atoms with Crippen molar-refractivity contribution in [2.75, 3.05) is 52.9 Å². The summed E-state index contributed by atoms with van der Waals surface area (Å²) in [7, 11) is 0. The number of hydrogen-bond donors (Lipinski definition) is 17. The van der Waals surface area contributed by atoms with Crippen LogP contribution in [0.1, 0.15) is 32.6 Å². The number of hydrogen-bond acceptors (Lipinski definition) is 37. The first-order valence-electron chi connectivity index (χ1n) is 33.7. The number of rotatable bonds is 24. The Kier molecular flexibility index (Phi) is 24.1. The monoisotopic (exact) mass is 1480 g/mol. The Labute approximate surface area is 589 Å². The summed E-state index contributed by atoms with van der Waals surface area (Å²) in [6, 6.07) is 0. The molecule has 38 nitrogen and oxygen atoms in total. The predicted octanol–water partition coefficient (Wildman–Crippen LogP) is -7.26. The van der Waals surface area contributed by atoms with E-state index in [0.29, 0.717) is 5.57 Å². The lowest BCUT2D eigenvalue weighted by Gasteiger charge is -2.43. The topological polar surface area (TPSA) is 577 Å². The van der Waals surface area contributed by atoms with Gasteiger partial charge in [-0.05, 0) is 48.0 Å². The van der Waals surface area contributed by atoms with E-state index in [1.54, 1.807) is 24.3 Å². The lowest BCUT2D eigenvalue weighted by molar-refractivity contribution is -0.339. The predicted molar refractivity (Wildman–Crippen MR) is 327 cm³/mol. The van der Waals surface area contributed by atoms with Crippen LogP contribution in [-0.4, -0.2) is 317 Å². The number of aliphatic hydroxyl groups is 16. The molecule has 0 aromatic rings. The van der Waals surface area contributed by atoms with Crippen molar-refractivity contribution in [3.05, 3.63) is 93.9 Å². The number of aliphatic hydroxyl groups excluding tert-OH is 16. The van der Waals surface area contributed by atoms with Crippen LogP contribution in [0, 0.1) is 47.3 Å². The Morgan fingerprint density at radius 3 is 0.798 bits per heavy atom. The van der Waals surface area contributed by atoms with Gasteiger partial charge in [0.1, 0.15) is 124 Å². The van der Waals surface area contributed by atoms with Crippen LogP contribution in [0.25, 0.3) is 0 Å². The van der Waals surface area contributed by atoms with Gasteiger partial charge in [0, 0.05) is 30.6 Å². The molecule has 104 heavy (non-hydrogen) atoms. The number of carbonyl (C=O) groups is 5. The Morgan fingerprint density at radius 1 is 0.337 bits per heavy atom. The lowest BCUT2D eigenvalue weighted by atomic mass is 9.82. The first-order valence-corrected chi connectivity index (χ1v) is 33.7. The average molecular weight is 1490 g/mol. The van der Waals surface area contributed by atoms with Crippen molar-refractivity contribution in [1.82, 2.24) is 0 Å². The zero-order valence-electron chi connectivity index (χ0n) is 55.3. The highest BCUT2D eigenvalue weighted by molar-refractivity contribution is 5.91. The van der Waals surface area contributed by atoms with E-state index in [-0.39, 0.29) is 71.3 Å². The number of carboxylic acids is 1. The number of fused-ring (bicyclic) bond motifs is 4. The minimum absolute atomic E-state index is 0.00547. The van der Waals surface area contributed by atoms with Crippen molar-refractivity contribution < 1.29 is 187 Å². The van der Waals surface area contributed by atoms with E-state index in [2.05, 4.69) is 0 Å². The Hall–Kier alpha value is -6.49. The van der Waals surface area contributed by atoms with Crippen LogP contribution in [-0.2, 0) is 99.8 Å². The summed E-state index contributed by atoms with van der Waals surface area (Å²) >= 11 is 0. The Bertz CT molecular complexity index is 3410. The first-order chi connectivity index (χ1) is 49.8. The van der Waals surface area contributed by atoms with E-state index in [1.807, 2.05) is 0 Å². The van der Waals surface area contributed by atoms with Crippen LogP contribution in [0.15, 0.2) is 93.9 Å². The molecule has 32 atom stereocenters. The van der Waals surface area contributed by atoms with E-state index < -0.39 is 271 Å². The molecule has 0 aromatic heterocycles. The molecule has 8 aliphatic heterocycles. The van der Waals surface area contributed by atoms with Crippen LogP contribution in [0.4, 0.5) is 0 Å². The largest absolute Gasteiger partial charge is 0.478 e. The first kappa shape index (κ1) is 77.1. The molecule has 0 aromatic carbocycles. The van der Waals surface area contributed by atoms with Crippen LogP contribution >= 0.6 is 0 Å². The SMILES string of the molecule is CC(=O)OCC1=CCC2C(C(=O)OCC3=CCC4C(C(=O)OCC5=CCC6C(C(=O)OCC7=CCC8C(C(=O)O)=COC(OC9OC(CO)C(O)C(O)C9O)C78)=COC(OC7OC(CO)C(O)C(O)C7O)C56)=COC(OC5OC(CO)C(O)C(O)C5O)C34)=COC(OC3OC(CO)C(O)C(O)C3O)C12. The molecule has 0 spiro atoms. The highest BCUT2D eigenvalue weighted by Crippen LogP contribution is 2.50. The smallest absolute Gasteiger partial charge is 0.337 e. The van der Waals surface area contributed by atoms with E-state index in [9.17, 15) is 111 Å². The minimum atomic E-state index is -1.95. The maximum atomic E-state index is 14.7. The summed E-state index contributed by atoms with van der Waals surface area (Å²) in [6.45, 7) is -4.02. The van der Waals surface area contributed by atoms with Gasteiger partial charge in [-0.2, -0.15) is 0 Å². The molecule has 38 heteroatoms. The van der Waals surface area contributed by atoms with Crippen molar-refractivity contribution in [2.45, 2.75) is 181 Å². The molecule has 0 bridgehead atoms. The molecule has 4 saturated heterocycles. The maximum absolute atomic E-state index is 14.7. The van der Waals surface area contributed by atoms with Crippen molar-refractivity contribution in [3.8, 4) is 0 Å². The van der Waals surface area contributed by atoms with Gasteiger partial charge in [-0.1, -0.05) is 24.3 Å². The fourth-order valence-corrected chi connectivity index (χ4v) is 15.3. The number of ether oxygens (including phenoxy) is 16. The number of allylic oxidation sites excluding steroid dienone is 4. The minimum Gasteiger partial charge on any atom is -0.478 e. The summed E-state index contributed by atoms with van der Waals surface area (Å²) in [4.78, 5) is 68.0. The molecule has 4 aliphatic carbocycles. The van der Waals surface area contributed by atoms with Gasteiger partial charge in [-0.25, -0.2) is 19.2 Å². The van der Waals surface area contributed by atoms with Crippen molar-refractivity contribution >= 4 is 29.8 Å². The third-order valence-electron chi connectivity index (χ3n) is 21.0. The quantitative estimate of drug-likeness (QED) is 0.0243. The van der Waals surface area contributed by atoms with E-state index in [1.165, 1.54) is 6.92 Å². The highest BCUT2D eigenvalue weighted by atomic mass is 16.8. The van der Waals surface area contributed by atoms with Gasteiger partial charge in [-0.3, -0.25) is 4.79 Å². The van der Waals surface area contributed by atoms with E-state index >= 15 is 0 Å². The van der Waals surface area contributed by atoms with E-state index in [4.69, 9.17) is 75.8 Å². The number of aliphatic carboxylic acids is 1. The van der Waals surface area contributed by atoms with Gasteiger partial charge in [-0.15, -0.1) is 0 Å². The number of carbonyl (C=O) groups excluding carboxylic acids is 4. The van der Waals surface area contributed by atoms with E-state index in [0.717, 1.165) is 25.0 Å². The second-order valence-electron chi connectivity index (χ2n) is 27.0. The molecule has 0 saturated carbocycles. The number of carboxylic acid groups (broad SMARTS) is 1. The van der Waals surface area contributed by atoms with Crippen molar-refractivity contribution in [1.29, 1.82) is 0 Å². The molecule has 17 N–H and O–H groups in total. The van der Waals surface area contributed by atoms with Crippen molar-refractivity contribution in [3.63, 3.8) is 0 Å². The average Bonchev–Trinajstić information content (AvgIpc) is 1.55. The van der Waals surface area contributed by atoms with Crippen molar-refractivity contribution in [2.24, 2.45) is 47.3 Å². The molecular formula is C66H84O38. The summed E-state index contributed by atoms with van der Waals surface area (Å²) in [5, 5.41) is 178. The molecule has 32 unspecified atom stereocenters. The lowest BCUT2D eigenvalue weighted by Crippen LogP contribution is -2.60. The maximum Gasteiger partial charge on any atom is 0.337 e. The summed E-state index contributed by atoms with van der Waals surface area (Å²) in [5.74, 6) is -12.8. The van der Waals surface area contributed by atoms with Gasteiger partial charge in [0.05, 0.1) is 97.4 Å². The normalized spacial score (nSPS) is 42.9. The molecule has 576 valence electrons. The molecule has 0 radical (unpaired) electrons. The number of esters is 4. The van der Waals surface area contributed by atoms with Crippen LogP contribution in [0.2, 0.25) is 0 Å². The third kappa shape index (κ3) is 15.1. The van der Waals surface area contributed by atoms with Gasteiger partial charge in [0.15, 0.2) is 25.2 Å². The summed E-state index contributed by atoms with van der Waals surface area (Å²) < 4.78 is 93.5. The van der Waals surface area contributed by atoms with Crippen LogP contribution in [0.3, 0.4) is 0 Å². The van der Waals surface area contributed by atoms with Gasteiger partial charge in [0.2, 0.25) is 25.2 Å². The van der Waals surface area contributed by atoms with Gasteiger partial charge < -0.3 is 163 Å². The Morgan fingerprint density at radius 2 is 0.567 bits per heavy atom. The molecule has 12 aliphatic rings. The molecule has 0 amide bonds.